The molecule has 0 radical (unpaired) electrons. The molecule has 0 aliphatic heterocycles. The van der Waals surface area contributed by atoms with E-state index in [0.717, 1.165) is 47.9 Å². The summed E-state index contributed by atoms with van der Waals surface area (Å²) >= 11 is 12.3. The molecule has 2 spiro atoms. The molecule has 0 N–H and O–H groups in total. The highest BCUT2D eigenvalue weighted by atomic mass is 35.5. The largest absolute Gasteiger partial charge is 0.299 e. The van der Waals surface area contributed by atoms with Crippen LogP contribution in [0.2, 0.25) is 10.0 Å². The lowest BCUT2D eigenvalue weighted by Gasteiger charge is -2.66. The lowest BCUT2D eigenvalue weighted by Crippen LogP contribution is -2.65. The zero-order valence-electron chi connectivity index (χ0n) is 23.5. The van der Waals surface area contributed by atoms with Gasteiger partial charge in [0.2, 0.25) is 0 Å². The molecule has 4 aromatic rings. The normalized spacial score (nSPS) is 30.2. The summed E-state index contributed by atoms with van der Waals surface area (Å²) in [6.07, 6.45) is 4.71. The van der Waals surface area contributed by atoms with E-state index in [9.17, 15) is 9.59 Å². The molecule has 4 aromatic carbocycles. The molecule has 0 saturated heterocycles. The van der Waals surface area contributed by atoms with Gasteiger partial charge in [-0.25, -0.2) is 0 Å². The number of rotatable bonds is 6. The minimum atomic E-state index is -0.593. The van der Waals surface area contributed by atoms with Crippen molar-refractivity contribution in [2.24, 2.45) is 22.7 Å². The maximum Gasteiger partial charge on any atom is 0.143 e. The van der Waals surface area contributed by atoms with E-state index in [1.54, 1.807) is 0 Å². The Kier molecular flexibility index (Phi) is 7.11. The number of ketones is 2. The third-order valence-electron chi connectivity index (χ3n) is 10.6. The van der Waals surface area contributed by atoms with Crippen molar-refractivity contribution in [2.75, 3.05) is 0 Å². The van der Waals surface area contributed by atoms with Crippen LogP contribution in [0.3, 0.4) is 0 Å². The number of hydrogen-bond acceptors (Lipinski definition) is 2. The summed E-state index contributed by atoms with van der Waals surface area (Å²) in [5.74, 6) is 0.285. The van der Waals surface area contributed by atoms with Crippen LogP contribution >= 0.6 is 23.2 Å². The van der Waals surface area contributed by atoms with Gasteiger partial charge in [0, 0.05) is 44.5 Å². The van der Waals surface area contributed by atoms with Crippen molar-refractivity contribution in [2.45, 2.75) is 50.4 Å². The molecule has 0 bridgehead atoms. The third-order valence-corrected chi connectivity index (χ3v) is 11.1. The summed E-state index contributed by atoms with van der Waals surface area (Å²) in [5.41, 5.74) is 3.35. The Labute approximate surface area is 258 Å². The van der Waals surface area contributed by atoms with Crippen LogP contribution in [0, 0.1) is 22.7 Å². The highest BCUT2D eigenvalue weighted by Crippen LogP contribution is 2.80. The standard InChI is InChI=1S/C38H34Cl2O2/c39-31-15-11-25(12-16-31)23-29-19-21-37(35(29)41)33(27-7-3-1-4-8-27)38(34(37)28-9-5-2-6-10-28)22-20-30(36(38)42)24-26-13-17-32(40)18-14-26/h1-18,29-30,33-34H,19-24H2/t29-,30+,33?,34?,37?,38?. The predicted molar refractivity (Wildman–Crippen MR) is 169 cm³/mol. The van der Waals surface area contributed by atoms with E-state index < -0.39 is 10.8 Å². The molecule has 0 heterocycles. The van der Waals surface area contributed by atoms with Gasteiger partial charge >= 0.3 is 0 Å². The molecule has 3 saturated carbocycles. The molecule has 7 rings (SSSR count). The molecule has 0 aromatic heterocycles. The summed E-state index contributed by atoms with van der Waals surface area (Å²) < 4.78 is 0. The van der Waals surface area contributed by atoms with Crippen molar-refractivity contribution in [1.29, 1.82) is 0 Å². The van der Waals surface area contributed by atoms with Gasteiger partial charge in [0.05, 0.1) is 0 Å². The van der Waals surface area contributed by atoms with Crippen molar-refractivity contribution >= 4 is 34.8 Å². The van der Waals surface area contributed by atoms with Gasteiger partial charge in [0.25, 0.3) is 0 Å². The van der Waals surface area contributed by atoms with Gasteiger partial charge in [-0.15, -0.1) is 0 Å². The number of carbonyl (C=O) groups is 2. The Morgan fingerprint density at radius 2 is 0.881 bits per heavy atom. The van der Waals surface area contributed by atoms with Crippen molar-refractivity contribution in [3.05, 3.63) is 141 Å². The fourth-order valence-corrected chi connectivity index (χ4v) is 9.33. The average molecular weight is 594 g/mol. The topological polar surface area (TPSA) is 34.1 Å². The molecule has 0 amide bonds. The minimum absolute atomic E-state index is 0.0673. The third kappa shape index (κ3) is 4.29. The minimum Gasteiger partial charge on any atom is -0.299 e. The molecule has 3 fully saturated rings. The Hall–Kier alpha value is -3.20. The molecule has 3 aliphatic rings. The monoisotopic (exact) mass is 592 g/mol. The first-order chi connectivity index (χ1) is 20.4. The second-order valence-corrected chi connectivity index (χ2v) is 13.5. The zero-order valence-corrected chi connectivity index (χ0v) is 25.0. The number of hydrogen-bond donors (Lipinski definition) is 0. The second kappa shape index (κ2) is 10.8. The average Bonchev–Trinajstić information content (AvgIpc) is 3.51. The Morgan fingerprint density at radius 1 is 0.524 bits per heavy atom. The van der Waals surface area contributed by atoms with Gasteiger partial charge in [0.15, 0.2) is 0 Å². The van der Waals surface area contributed by atoms with Crippen molar-refractivity contribution < 1.29 is 9.59 Å². The van der Waals surface area contributed by atoms with Crippen LogP contribution in [0.5, 0.6) is 0 Å². The van der Waals surface area contributed by atoms with Crippen molar-refractivity contribution in [3.63, 3.8) is 0 Å². The van der Waals surface area contributed by atoms with Gasteiger partial charge < -0.3 is 0 Å². The van der Waals surface area contributed by atoms with Gasteiger partial charge in [-0.3, -0.25) is 9.59 Å². The van der Waals surface area contributed by atoms with Crippen LogP contribution in [-0.4, -0.2) is 11.6 Å². The van der Waals surface area contributed by atoms with Gasteiger partial charge in [-0.2, -0.15) is 0 Å². The summed E-state index contributed by atoms with van der Waals surface area (Å²) in [6.45, 7) is 0. The molecular weight excluding hydrogens is 559 g/mol. The highest BCUT2D eigenvalue weighted by Gasteiger charge is 2.79. The van der Waals surface area contributed by atoms with E-state index in [1.807, 2.05) is 60.7 Å². The van der Waals surface area contributed by atoms with Crippen molar-refractivity contribution in [1.82, 2.24) is 0 Å². The van der Waals surface area contributed by atoms with Gasteiger partial charge in [-0.1, -0.05) is 108 Å². The molecular formula is C38H34Cl2O2. The van der Waals surface area contributed by atoms with Crippen molar-refractivity contribution in [3.8, 4) is 0 Å². The smallest absolute Gasteiger partial charge is 0.143 e. The first-order valence-corrected chi connectivity index (χ1v) is 15.9. The van der Waals surface area contributed by atoms with Crippen LogP contribution in [0.15, 0.2) is 109 Å². The lowest BCUT2D eigenvalue weighted by molar-refractivity contribution is -0.166. The van der Waals surface area contributed by atoms with Gasteiger partial charge in [-0.05, 0) is 85.0 Å². The fourth-order valence-electron chi connectivity index (χ4n) is 9.08. The van der Waals surface area contributed by atoms with Crippen LogP contribution in [0.4, 0.5) is 0 Å². The predicted octanol–water partition coefficient (Wildman–Crippen LogP) is 9.29. The number of carbonyl (C=O) groups excluding carboxylic acids is 2. The number of benzene rings is 4. The first-order valence-electron chi connectivity index (χ1n) is 15.1. The fraction of sp³-hybridized carbons (Fsp3) is 0.316. The molecule has 42 heavy (non-hydrogen) atoms. The van der Waals surface area contributed by atoms with Crippen LogP contribution in [0.25, 0.3) is 0 Å². The molecule has 212 valence electrons. The Bertz CT molecular complexity index is 1460. The van der Waals surface area contributed by atoms with E-state index in [0.29, 0.717) is 34.5 Å². The van der Waals surface area contributed by atoms with E-state index in [-0.39, 0.29) is 23.7 Å². The molecule has 3 aliphatic carbocycles. The van der Waals surface area contributed by atoms with E-state index in [4.69, 9.17) is 23.2 Å². The highest BCUT2D eigenvalue weighted by molar-refractivity contribution is 6.30. The summed E-state index contributed by atoms with van der Waals surface area (Å²) in [5, 5.41) is 1.41. The number of Topliss-reactive ketones (excluding diaryl/α,β-unsaturated/α-hetero) is 2. The summed E-state index contributed by atoms with van der Waals surface area (Å²) in [4.78, 5) is 29.7. The number of halogens is 2. The maximum absolute atomic E-state index is 14.8. The van der Waals surface area contributed by atoms with Gasteiger partial charge in [0.1, 0.15) is 11.6 Å². The maximum atomic E-state index is 14.8. The lowest BCUT2D eigenvalue weighted by atomic mass is 9.34. The zero-order chi connectivity index (χ0) is 28.9. The summed E-state index contributed by atoms with van der Waals surface area (Å²) in [6, 6.07) is 36.6. The van der Waals surface area contributed by atoms with E-state index >= 15 is 0 Å². The Morgan fingerprint density at radius 3 is 1.24 bits per heavy atom. The van der Waals surface area contributed by atoms with E-state index in [1.165, 1.54) is 0 Å². The molecule has 2 unspecified atom stereocenters. The Balaban J connectivity index is 1.31. The quantitative estimate of drug-likeness (QED) is 0.223. The molecule has 2 nitrogen and oxygen atoms in total. The molecule has 4 atom stereocenters. The van der Waals surface area contributed by atoms with Crippen LogP contribution in [-0.2, 0) is 22.4 Å². The SMILES string of the molecule is O=C1[C@@H](Cc2ccc(Cl)cc2)CCC12C(c1ccccc1)C1(CC[C@@H](Cc3ccc(Cl)cc3)C1=O)C2c1ccccc1. The summed E-state index contributed by atoms with van der Waals surface area (Å²) in [7, 11) is 0. The van der Waals surface area contributed by atoms with Crippen LogP contribution < -0.4 is 0 Å². The van der Waals surface area contributed by atoms with Crippen LogP contribution in [0.1, 0.15) is 59.8 Å². The second-order valence-electron chi connectivity index (χ2n) is 12.6. The molecule has 4 heteroatoms. The first kappa shape index (κ1) is 27.6. The van der Waals surface area contributed by atoms with E-state index in [2.05, 4.69) is 48.5 Å².